The van der Waals surface area contributed by atoms with Gasteiger partial charge in [-0.15, -0.1) is 0 Å². The molecular formula is C13H24N4O. The number of oxazole rings is 1. The van der Waals surface area contributed by atoms with E-state index in [1.54, 1.807) is 6.26 Å². The van der Waals surface area contributed by atoms with Crippen LogP contribution >= 0.6 is 0 Å². The Hall–Kier alpha value is -1.07. The van der Waals surface area contributed by atoms with Crippen LogP contribution in [0.4, 0.5) is 6.01 Å². The minimum Gasteiger partial charge on any atom is -0.432 e. The monoisotopic (exact) mass is 252 g/mol. The molecule has 5 heteroatoms. The highest BCUT2D eigenvalue weighted by atomic mass is 16.4. The molecule has 1 aromatic heterocycles. The van der Waals surface area contributed by atoms with Gasteiger partial charge in [0.1, 0.15) is 6.26 Å². The maximum absolute atomic E-state index is 5.55. The number of rotatable bonds is 5. The van der Waals surface area contributed by atoms with Crippen LogP contribution < -0.4 is 10.2 Å². The van der Waals surface area contributed by atoms with E-state index >= 15 is 0 Å². The van der Waals surface area contributed by atoms with E-state index < -0.39 is 0 Å². The second-order valence-electron chi connectivity index (χ2n) is 4.93. The third-order valence-corrected chi connectivity index (χ3v) is 3.75. The molecule has 0 spiro atoms. The highest BCUT2D eigenvalue weighted by molar-refractivity contribution is 5.27. The van der Waals surface area contributed by atoms with Crippen molar-refractivity contribution in [3.63, 3.8) is 0 Å². The molecule has 1 N–H and O–H groups in total. The lowest BCUT2D eigenvalue weighted by Gasteiger charge is -2.35. The molecular weight excluding hydrogens is 228 g/mol. The van der Waals surface area contributed by atoms with Crippen molar-refractivity contribution in [3.05, 3.63) is 12.0 Å². The number of anilines is 1. The van der Waals surface area contributed by atoms with Crippen molar-refractivity contribution in [1.29, 1.82) is 0 Å². The molecule has 1 aromatic rings. The zero-order valence-corrected chi connectivity index (χ0v) is 11.6. The molecule has 0 radical (unpaired) electrons. The first-order valence-electron chi connectivity index (χ1n) is 6.78. The summed E-state index contributed by atoms with van der Waals surface area (Å²) in [6.07, 6.45) is 4.12. The van der Waals surface area contributed by atoms with Gasteiger partial charge in [0.25, 0.3) is 6.01 Å². The van der Waals surface area contributed by atoms with Crippen LogP contribution in [0.15, 0.2) is 10.7 Å². The Kier molecular flexibility index (Phi) is 4.60. The summed E-state index contributed by atoms with van der Waals surface area (Å²) in [5.41, 5.74) is 0.963. The van der Waals surface area contributed by atoms with E-state index in [-0.39, 0.29) is 0 Å². The van der Waals surface area contributed by atoms with Gasteiger partial charge in [-0.2, -0.15) is 4.98 Å². The second-order valence-corrected chi connectivity index (χ2v) is 4.93. The van der Waals surface area contributed by atoms with Gasteiger partial charge in [-0.1, -0.05) is 6.92 Å². The molecule has 1 aliphatic rings. The molecule has 1 saturated heterocycles. The molecule has 18 heavy (non-hydrogen) atoms. The fourth-order valence-electron chi connectivity index (χ4n) is 2.50. The normalized spacial score (nSPS) is 18.2. The summed E-state index contributed by atoms with van der Waals surface area (Å²) < 4.78 is 5.55. The van der Waals surface area contributed by atoms with Gasteiger partial charge in [-0.25, -0.2) is 0 Å². The SMILES string of the molecule is CCN1CCC(N(C)c2nc(CNC)co2)CC1. The topological polar surface area (TPSA) is 44.5 Å². The maximum Gasteiger partial charge on any atom is 0.297 e. The van der Waals surface area contributed by atoms with Crippen LogP contribution in [0.5, 0.6) is 0 Å². The number of nitrogens with one attached hydrogen (secondary N) is 1. The minimum absolute atomic E-state index is 0.550. The minimum atomic E-state index is 0.550. The quantitative estimate of drug-likeness (QED) is 0.856. The van der Waals surface area contributed by atoms with E-state index in [2.05, 4.69) is 34.1 Å². The van der Waals surface area contributed by atoms with Crippen LogP contribution in [0.1, 0.15) is 25.5 Å². The zero-order chi connectivity index (χ0) is 13.0. The summed E-state index contributed by atoms with van der Waals surface area (Å²) in [6, 6.07) is 1.30. The lowest BCUT2D eigenvalue weighted by Crippen LogP contribution is -2.43. The Balaban J connectivity index is 1.92. The highest BCUT2D eigenvalue weighted by Crippen LogP contribution is 2.21. The van der Waals surface area contributed by atoms with Gasteiger partial charge < -0.3 is 19.5 Å². The predicted molar refractivity (Wildman–Crippen MR) is 72.8 cm³/mol. The van der Waals surface area contributed by atoms with Crippen LogP contribution in [-0.4, -0.2) is 49.7 Å². The molecule has 2 heterocycles. The standard InChI is InChI=1S/C13H24N4O/c1-4-17-7-5-12(6-8-17)16(3)13-15-11(9-14-2)10-18-13/h10,12,14H,4-9H2,1-3H3. The maximum atomic E-state index is 5.55. The van der Waals surface area contributed by atoms with Crippen LogP contribution in [0.3, 0.4) is 0 Å². The molecule has 0 unspecified atom stereocenters. The summed E-state index contributed by atoms with van der Waals surface area (Å²) in [7, 11) is 4.00. The first kappa shape index (κ1) is 13.4. The summed E-state index contributed by atoms with van der Waals surface area (Å²) in [5.74, 6) is 0. The van der Waals surface area contributed by atoms with Crippen molar-refractivity contribution in [2.75, 3.05) is 38.6 Å². The highest BCUT2D eigenvalue weighted by Gasteiger charge is 2.24. The van der Waals surface area contributed by atoms with E-state index in [4.69, 9.17) is 4.42 Å². The smallest absolute Gasteiger partial charge is 0.297 e. The summed E-state index contributed by atoms with van der Waals surface area (Å²) >= 11 is 0. The number of likely N-dealkylation sites (tertiary alicyclic amines) is 1. The molecule has 0 bridgehead atoms. The number of hydrogen-bond acceptors (Lipinski definition) is 5. The molecule has 102 valence electrons. The Morgan fingerprint density at radius 2 is 2.22 bits per heavy atom. The fraction of sp³-hybridized carbons (Fsp3) is 0.769. The molecule has 0 amide bonds. The largest absolute Gasteiger partial charge is 0.432 e. The van der Waals surface area contributed by atoms with Gasteiger partial charge in [-0.3, -0.25) is 0 Å². The van der Waals surface area contributed by atoms with Crippen molar-refractivity contribution in [2.24, 2.45) is 0 Å². The van der Waals surface area contributed by atoms with Crippen molar-refractivity contribution in [1.82, 2.24) is 15.2 Å². The number of nitrogens with zero attached hydrogens (tertiary/aromatic N) is 3. The van der Waals surface area contributed by atoms with E-state index in [1.807, 2.05) is 7.05 Å². The Morgan fingerprint density at radius 1 is 1.50 bits per heavy atom. The van der Waals surface area contributed by atoms with Crippen molar-refractivity contribution < 1.29 is 4.42 Å². The zero-order valence-electron chi connectivity index (χ0n) is 11.6. The predicted octanol–water partition coefficient (Wildman–Crippen LogP) is 1.31. The van der Waals surface area contributed by atoms with Gasteiger partial charge in [0.05, 0.1) is 5.69 Å². The van der Waals surface area contributed by atoms with Crippen molar-refractivity contribution in [2.45, 2.75) is 32.4 Å². The van der Waals surface area contributed by atoms with Crippen molar-refractivity contribution in [3.8, 4) is 0 Å². The van der Waals surface area contributed by atoms with Crippen LogP contribution in [0.25, 0.3) is 0 Å². The molecule has 0 atom stereocenters. The third-order valence-electron chi connectivity index (χ3n) is 3.75. The summed E-state index contributed by atoms with van der Waals surface area (Å²) in [4.78, 5) is 9.18. The Morgan fingerprint density at radius 3 is 2.83 bits per heavy atom. The summed E-state index contributed by atoms with van der Waals surface area (Å²) in [6.45, 7) is 6.49. The van der Waals surface area contributed by atoms with E-state index in [0.717, 1.165) is 24.8 Å². The van der Waals surface area contributed by atoms with Gasteiger partial charge in [0.2, 0.25) is 0 Å². The second kappa shape index (κ2) is 6.20. The van der Waals surface area contributed by atoms with Gasteiger partial charge in [0.15, 0.2) is 0 Å². The lowest BCUT2D eigenvalue weighted by molar-refractivity contribution is 0.218. The average molecular weight is 252 g/mol. The molecule has 0 aliphatic carbocycles. The summed E-state index contributed by atoms with van der Waals surface area (Å²) in [5, 5.41) is 3.08. The Bertz CT molecular complexity index is 358. The van der Waals surface area contributed by atoms with Crippen LogP contribution in [0, 0.1) is 0 Å². The Labute approximate surface area is 109 Å². The van der Waals surface area contributed by atoms with Gasteiger partial charge in [-0.05, 0) is 26.4 Å². The van der Waals surface area contributed by atoms with Crippen LogP contribution in [0.2, 0.25) is 0 Å². The van der Waals surface area contributed by atoms with Crippen molar-refractivity contribution >= 4 is 6.01 Å². The molecule has 1 aliphatic heterocycles. The van der Waals surface area contributed by atoms with E-state index in [0.29, 0.717) is 6.04 Å². The third kappa shape index (κ3) is 3.03. The number of aromatic nitrogens is 1. The number of piperidine rings is 1. The average Bonchev–Trinajstić information content (AvgIpc) is 2.87. The van der Waals surface area contributed by atoms with E-state index in [9.17, 15) is 0 Å². The fourth-order valence-corrected chi connectivity index (χ4v) is 2.50. The molecule has 1 fully saturated rings. The first-order chi connectivity index (χ1) is 8.74. The molecule has 2 rings (SSSR count). The molecule has 5 nitrogen and oxygen atoms in total. The first-order valence-corrected chi connectivity index (χ1v) is 6.78. The molecule has 0 aromatic carbocycles. The van der Waals surface area contributed by atoms with Crippen LogP contribution in [-0.2, 0) is 6.54 Å². The van der Waals surface area contributed by atoms with Gasteiger partial charge >= 0.3 is 0 Å². The van der Waals surface area contributed by atoms with E-state index in [1.165, 1.54) is 25.9 Å². The number of hydrogen-bond donors (Lipinski definition) is 1. The molecule has 0 saturated carbocycles. The van der Waals surface area contributed by atoms with Gasteiger partial charge in [0, 0.05) is 32.7 Å². The lowest BCUT2D eigenvalue weighted by atomic mass is 10.0.